The fraction of sp³-hybridized carbons (Fsp3) is 0.304. The van der Waals surface area contributed by atoms with E-state index >= 15 is 0 Å². The Kier molecular flexibility index (Phi) is 6.26. The maximum Gasteiger partial charge on any atom is 0.417 e. The first kappa shape index (κ1) is 22.6. The van der Waals surface area contributed by atoms with Gasteiger partial charge < -0.3 is 9.64 Å². The van der Waals surface area contributed by atoms with Crippen molar-refractivity contribution in [2.45, 2.75) is 38.1 Å². The number of hydrogen-bond acceptors (Lipinski definition) is 5. The predicted octanol–water partition coefficient (Wildman–Crippen LogP) is 4.77. The summed E-state index contributed by atoms with van der Waals surface area (Å²) < 4.78 is 58.2. The van der Waals surface area contributed by atoms with Crippen LogP contribution in [0, 0.1) is 5.82 Å². The molecule has 0 spiro atoms. The van der Waals surface area contributed by atoms with Crippen LogP contribution < -0.4 is 4.74 Å². The van der Waals surface area contributed by atoms with Crippen molar-refractivity contribution in [1.29, 1.82) is 0 Å². The lowest BCUT2D eigenvalue weighted by Crippen LogP contribution is -2.51. The molecule has 0 N–H and O–H groups in total. The molecule has 0 saturated carbocycles. The molecule has 1 saturated heterocycles. The minimum atomic E-state index is -4.70. The Morgan fingerprint density at radius 3 is 2.55 bits per heavy atom. The molecule has 6 nitrogen and oxygen atoms in total. The van der Waals surface area contributed by atoms with Gasteiger partial charge in [-0.15, -0.1) is 0 Å². The summed E-state index contributed by atoms with van der Waals surface area (Å²) in [4.78, 5) is 27.0. The maximum atomic E-state index is 14.2. The Morgan fingerprint density at radius 1 is 1.12 bits per heavy atom. The molecule has 0 bridgehead atoms. The number of pyridine rings is 1. The number of halogens is 4. The van der Waals surface area contributed by atoms with E-state index < -0.39 is 35.6 Å². The third kappa shape index (κ3) is 4.79. The smallest absolute Gasteiger partial charge is 0.417 e. The minimum Gasteiger partial charge on any atom is -0.470 e. The number of carbonyl (C=O) groups excluding carboxylic acids is 1. The summed E-state index contributed by atoms with van der Waals surface area (Å²) in [6, 6.07) is 8.52. The standard InChI is InChI=1S/C23H20F4N4O2/c1-14-19(33-21-18(24)12-15(13-30-21)23(25,26)27)8-4-11-31(14)22(32)17-7-3-2-6-16(17)20-28-9-5-10-29-20/h2-3,5-7,9-10,12-14,19H,4,8,11H2,1H3/t14-,19+/m0/s1. The zero-order valence-corrected chi connectivity index (χ0v) is 17.6. The molecule has 4 rings (SSSR count). The van der Waals surface area contributed by atoms with Crippen molar-refractivity contribution in [2.24, 2.45) is 0 Å². The van der Waals surface area contributed by atoms with Gasteiger partial charge in [0.2, 0.25) is 0 Å². The molecule has 3 aromatic rings. The van der Waals surface area contributed by atoms with Gasteiger partial charge in [-0.2, -0.15) is 13.2 Å². The summed E-state index contributed by atoms with van der Waals surface area (Å²) in [5.74, 6) is -1.58. The number of rotatable bonds is 4. The van der Waals surface area contributed by atoms with Crippen molar-refractivity contribution in [1.82, 2.24) is 19.9 Å². The van der Waals surface area contributed by atoms with Gasteiger partial charge in [-0.05, 0) is 38.0 Å². The first-order chi connectivity index (χ1) is 15.8. The zero-order valence-electron chi connectivity index (χ0n) is 17.6. The van der Waals surface area contributed by atoms with Gasteiger partial charge in [0.25, 0.3) is 11.8 Å². The number of nitrogens with zero attached hydrogens (tertiary/aromatic N) is 4. The van der Waals surface area contributed by atoms with Gasteiger partial charge in [0.1, 0.15) is 6.10 Å². The summed E-state index contributed by atoms with van der Waals surface area (Å²) in [5, 5.41) is 0. The number of ether oxygens (including phenoxy) is 1. The van der Waals surface area contributed by atoms with Gasteiger partial charge in [-0.25, -0.2) is 19.3 Å². The van der Waals surface area contributed by atoms with E-state index in [2.05, 4.69) is 15.0 Å². The summed E-state index contributed by atoms with van der Waals surface area (Å²) in [7, 11) is 0. The van der Waals surface area contributed by atoms with Crippen molar-refractivity contribution in [3.8, 4) is 17.3 Å². The second-order valence-electron chi connectivity index (χ2n) is 7.66. The van der Waals surface area contributed by atoms with Crippen molar-refractivity contribution < 1.29 is 27.1 Å². The monoisotopic (exact) mass is 460 g/mol. The topological polar surface area (TPSA) is 68.2 Å². The molecule has 1 amide bonds. The largest absolute Gasteiger partial charge is 0.470 e. The highest BCUT2D eigenvalue weighted by molar-refractivity contribution is 6.00. The van der Waals surface area contributed by atoms with Crippen LogP contribution in [-0.2, 0) is 6.18 Å². The van der Waals surface area contributed by atoms with Gasteiger partial charge in [0.15, 0.2) is 11.6 Å². The fourth-order valence-corrected chi connectivity index (χ4v) is 3.82. The van der Waals surface area contributed by atoms with Gasteiger partial charge in [0, 0.05) is 30.7 Å². The molecule has 33 heavy (non-hydrogen) atoms. The van der Waals surface area contributed by atoms with Crippen LogP contribution in [0.2, 0.25) is 0 Å². The average Bonchev–Trinajstić information content (AvgIpc) is 2.81. The number of alkyl halides is 3. The average molecular weight is 460 g/mol. The van der Waals surface area contributed by atoms with Crippen LogP contribution in [0.3, 0.4) is 0 Å². The van der Waals surface area contributed by atoms with Gasteiger partial charge >= 0.3 is 6.18 Å². The van der Waals surface area contributed by atoms with E-state index in [0.717, 1.165) is 0 Å². The normalized spacial score (nSPS) is 18.8. The highest BCUT2D eigenvalue weighted by Gasteiger charge is 2.36. The number of likely N-dealkylation sites (tertiary alicyclic amines) is 1. The molecular weight excluding hydrogens is 440 g/mol. The maximum absolute atomic E-state index is 14.2. The fourth-order valence-electron chi connectivity index (χ4n) is 3.82. The second kappa shape index (κ2) is 9.13. The Labute approximate surface area is 187 Å². The van der Waals surface area contributed by atoms with E-state index in [1.807, 2.05) is 0 Å². The molecule has 1 aromatic carbocycles. The van der Waals surface area contributed by atoms with Crippen molar-refractivity contribution in [3.63, 3.8) is 0 Å². The van der Waals surface area contributed by atoms with Crippen molar-refractivity contribution >= 4 is 5.91 Å². The molecule has 0 unspecified atom stereocenters. The summed E-state index contributed by atoms with van der Waals surface area (Å²) in [6.45, 7) is 2.21. The Morgan fingerprint density at radius 2 is 1.85 bits per heavy atom. The molecule has 1 aliphatic heterocycles. The van der Waals surface area contributed by atoms with Gasteiger partial charge in [0.05, 0.1) is 17.2 Å². The van der Waals surface area contributed by atoms with Crippen LogP contribution in [0.4, 0.5) is 17.6 Å². The van der Waals surface area contributed by atoms with E-state index in [-0.39, 0.29) is 5.91 Å². The van der Waals surface area contributed by atoms with Crippen LogP contribution in [0.1, 0.15) is 35.7 Å². The molecular formula is C23H20F4N4O2. The molecule has 2 atom stereocenters. The Hall–Kier alpha value is -3.56. The van der Waals surface area contributed by atoms with Crippen LogP contribution in [0.25, 0.3) is 11.4 Å². The Balaban J connectivity index is 1.55. The third-order valence-electron chi connectivity index (χ3n) is 5.54. The lowest BCUT2D eigenvalue weighted by Gasteiger charge is -2.39. The van der Waals surface area contributed by atoms with E-state index in [9.17, 15) is 22.4 Å². The van der Waals surface area contributed by atoms with Crippen LogP contribution in [-0.4, -0.2) is 44.4 Å². The molecule has 0 aliphatic carbocycles. The first-order valence-corrected chi connectivity index (χ1v) is 10.3. The van der Waals surface area contributed by atoms with Crippen molar-refractivity contribution in [2.75, 3.05) is 6.54 Å². The third-order valence-corrected chi connectivity index (χ3v) is 5.54. The molecule has 1 aliphatic rings. The van der Waals surface area contributed by atoms with E-state index in [1.165, 1.54) is 0 Å². The minimum absolute atomic E-state index is 0.264. The molecule has 172 valence electrons. The van der Waals surface area contributed by atoms with E-state index in [4.69, 9.17) is 4.74 Å². The first-order valence-electron chi connectivity index (χ1n) is 10.3. The molecule has 3 heterocycles. The summed E-state index contributed by atoms with van der Waals surface area (Å²) >= 11 is 0. The molecule has 0 radical (unpaired) electrons. The number of benzene rings is 1. The van der Waals surface area contributed by atoms with Gasteiger partial charge in [-0.3, -0.25) is 4.79 Å². The highest BCUT2D eigenvalue weighted by atomic mass is 19.4. The predicted molar refractivity (Wildman–Crippen MR) is 111 cm³/mol. The Bertz CT molecular complexity index is 1140. The van der Waals surface area contributed by atoms with E-state index in [0.29, 0.717) is 48.6 Å². The van der Waals surface area contributed by atoms with E-state index in [1.54, 1.807) is 54.5 Å². The molecule has 1 fully saturated rings. The van der Waals surface area contributed by atoms with Crippen LogP contribution in [0.5, 0.6) is 5.88 Å². The molecule has 10 heteroatoms. The number of aromatic nitrogens is 3. The molecule has 2 aromatic heterocycles. The van der Waals surface area contributed by atoms with Crippen LogP contribution in [0.15, 0.2) is 55.0 Å². The number of piperidine rings is 1. The number of amides is 1. The quantitative estimate of drug-likeness (QED) is 0.525. The van der Waals surface area contributed by atoms with Gasteiger partial charge in [-0.1, -0.05) is 18.2 Å². The second-order valence-corrected chi connectivity index (χ2v) is 7.66. The summed E-state index contributed by atoms with van der Waals surface area (Å²) in [5.41, 5.74) is -0.204. The highest BCUT2D eigenvalue weighted by Crippen LogP contribution is 2.32. The van der Waals surface area contributed by atoms with Crippen molar-refractivity contribution in [3.05, 3.63) is 71.9 Å². The van der Waals surface area contributed by atoms with Crippen LogP contribution >= 0.6 is 0 Å². The number of carbonyl (C=O) groups is 1. The SMILES string of the molecule is C[C@H]1[C@H](Oc2ncc(C(F)(F)F)cc2F)CCCN1C(=O)c1ccccc1-c1ncccn1. The lowest BCUT2D eigenvalue weighted by molar-refractivity contribution is -0.138. The zero-order chi connectivity index (χ0) is 23.6. The summed E-state index contributed by atoms with van der Waals surface area (Å²) in [6.07, 6.45) is -0.565. The number of hydrogen-bond donors (Lipinski definition) is 0. The lowest BCUT2D eigenvalue weighted by atomic mass is 9.97.